The Balaban J connectivity index is 2.67. The Labute approximate surface area is 146 Å². The van der Waals surface area contributed by atoms with Gasteiger partial charge in [-0.1, -0.05) is 24.3 Å². The van der Waals surface area contributed by atoms with Crippen LogP contribution in [0.2, 0.25) is 0 Å². The van der Waals surface area contributed by atoms with Gasteiger partial charge in [0.2, 0.25) is 0 Å². The molecule has 25 heavy (non-hydrogen) atoms. The first-order valence-corrected chi connectivity index (χ1v) is 8.78. The molecule has 0 aliphatic rings. The molecule has 2 rings (SSSR count). The van der Waals surface area contributed by atoms with Crippen LogP contribution in [0.1, 0.15) is 5.56 Å². The minimum atomic E-state index is -4.06. The van der Waals surface area contributed by atoms with Crippen LogP contribution in [0, 0.1) is 17.0 Å². The van der Waals surface area contributed by atoms with Crippen molar-refractivity contribution in [3.05, 3.63) is 70.8 Å². The molecule has 0 aliphatic carbocycles. The van der Waals surface area contributed by atoms with Crippen LogP contribution in [0.3, 0.4) is 0 Å². The number of benzene rings is 2. The lowest BCUT2D eigenvalue weighted by Crippen LogP contribution is -2.32. The van der Waals surface area contributed by atoms with Gasteiger partial charge in [-0.25, -0.2) is 8.42 Å². The number of non-ortho nitro benzene ring substituents is 1. The van der Waals surface area contributed by atoms with E-state index in [1.807, 2.05) is 0 Å². The number of para-hydroxylation sites is 2. The molecule has 8 heteroatoms. The number of aryl methyl sites for hydroxylation is 1. The monoisotopic (exact) mass is 362 g/mol. The highest BCUT2D eigenvalue weighted by Gasteiger charge is 2.29. The van der Waals surface area contributed by atoms with Crippen LogP contribution in [-0.2, 0) is 10.0 Å². The maximum Gasteiger partial charge on any atom is 0.270 e. The van der Waals surface area contributed by atoms with E-state index in [2.05, 4.69) is 6.58 Å². The van der Waals surface area contributed by atoms with Gasteiger partial charge in [-0.3, -0.25) is 14.4 Å². The number of nitro benzene ring substituents is 1. The quantitative estimate of drug-likeness (QED) is 0.428. The van der Waals surface area contributed by atoms with E-state index in [9.17, 15) is 18.5 Å². The van der Waals surface area contributed by atoms with Crippen molar-refractivity contribution in [2.24, 2.45) is 0 Å². The van der Waals surface area contributed by atoms with E-state index in [4.69, 9.17) is 4.74 Å². The molecule has 0 unspecified atom stereocenters. The molecular formula is C17H18N2O5S. The second-order valence-corrected chi connectivity index (χ2v) is 7.03. The van der Waals surface area contributed by atoms with E-state index in [1.54, 1.807) is 31.2 Å². The van der Waals surface area contributed by atoms with Crippen molar-refractivity contribution in [2.75, 3.05) is 18.0 Å². The van der Waals surface area contributed by atoms with Crippen LogP contribution < -0.4 is 9.04 Å². The van der Waals surface area contributed by atoms with Gasteiger partial charge >= 0.3 is 0 Å². The van der Waals surface area contributed by atoms with Gasteiger partial charge in [0.1, 0.15) is 5.75 Å². The first-order chi connectivity index (χ1) is 11.8. The molecule has 0 amide bonds. The first-order valence-electron chi connectivity index (χ1n) is 7.34. The molecule has 7 nitrogen and oxygen atoms in total. The van der Waals surface area contributed by atoms with E-state index >= 15 is 0 Å². The highest BCUT2D eigenvalue weighted by atomic mass is 32.2. The molecule has 0 saturated carbocycles. The maximum absolute atomic E-state index is 13.2. The number of nitrogens with zero attached hydrogens (tertiary/aromatic N) is 2. The molecule has 0 radical (unpaired) electrons. The van der Waals surface area contributed by atoms with Crippen molar-refractivity contribution < 1.29 is 18.1 Å². The smallest absolute Gasteiger partial charge is 0.270 e. The zero-order valence-electron chi connectivity index (χ0n) is 13.9. The fraction of sp³-hybridized carbons (Fsp3) is 0.176. The Hall–Kier alpha value is -2.87. The second kappa shape index (κ2) is 7.35. The molecule has 0 aliphatic heterocycles. The van der Waals surface area contributed by atoms with Crippen LogP contribution in [-0.4, -0.2) is 27.0 Å². The summed E-state index contributed by atoms with van der Waals surface area (Å²) < 4.78 is 32.7. The number of hydrogen-bond donors (Lipinski definition) is 0. The van der Waals surface area contributed by atoms with Gasteiger partial charge in [-0.2, -0.15) is 0 Å². The zero-order valence-corrected chi connectivity index (χ0v) is 14.7. The van der Waals surface area contributed by atoms with Gasteiger partial charge in [0.25, 0.3) is 15.7 Å². The first kappa shape index (κ1) is 18.5. The third kappa shape index (κ3) is 3.63. The van der Waals surface area contributed by atoms with E-state index < -0.39 is 14.9 Å². The molecule has 0 N–H and O–H groups in total. The molecule has 0 fully saturated rings. The Morgan fingerprint density at radius 3 is 2.56 bits per heavy atom. The summed E-state index contributed by atoms with van der Waals surface area (Å²) in [5, 5.41) is 11.0. The molecule has 132 valence electrons. The molecule has 0 spiro atoms. The van der Waals surface area contributed by atoms with Gasteiger partial charge in [-0.15, -0.1) is 6.58 Å². The molecule has 0 bridgehead atoms. The predicted molar refractivity (Wildman–Crippen MR) is 95.6 cm³/mol. The standard InChI is InChI=1S/C17H18N2O5S/c1-4-11-18(15-7-5-6-8-16(15)24-3)25(22,23)17-12-14(19(20)21)10-9-13(17)2/h4-10,12H,1,11H2,2-3H3. The molecule has 0 saturated heterocycles. The van der Waals surface area contributed by atoms with Crippen molar-refractivity contribution in [1.82, 2.24) is 0 Å². The van der Waals surface area contributed by atoms with Gasteiger partial charge in [0.15, 0.2) is 0 Å². The van der Waals surface area contributed by atoms with Crippen LogP contribution in [0.15, 0.2) is 60.0 Å². The summed E-state index contributed by atoms with van der Waals surface area (Å²) >= 11 is 0. The third-order valence-electron chi connectivity index (χ3n) is 3.60. The lowest BCUT2D eigenvalue weighted by Gasteiger charge is -2.25. The highest BCUT2D eigenvalue weighted by Crippen LogP contribution is 2.33. The number of rotatable bonds is 7. The van der Waals surface area contributed by atoms with E-state index in [0.717, 1.165) is 10.4 Å². The fourth-order valence-electron chi connectivity index (χ4n) is 2.38. The summed E-state index contributed by atoms with van der Waals surface area (Å²) in [6.07, 6.45) is 1.44. The Bertz CT molecular complexity index is 909. The second-order valence-electron chi connectivity index (χ2n) is 5.20. The third-order valence-corrected chi connectivity index (χ3v) is 5.52. The van der Waals surface area contributed by atoms with Crippen LogP contribution in [0.5, 0.6) is 5.75 Å². The number of methoxy groups -OCH3 is 1. The number of anilines is 1. The number of sulfonamides is 1. The van der Waals surface area contributed by atoms with Crippen molar-refractivity contribution in [3.8, 4) is 5.75 Å². The average molecular weight is 362 g/mol. The maximum atomic E-state index is 13.2. The van der Waals surface area contributed by atoms with Crippen LogP contribution in [0.4, 0.5) is 11.4 Å². The summed E-state index contributed by atoms with van der Waals surface area (Å²) in [6, 6.07) is 10.4. The van der Waals surface area contributed by atoms with E-state index in [-0.39, 0.29) is 17.1 Å². The lowest BCUT2D eigenvalue weighted by molar-refractivity contribution is -0.385. The predicted octanol–water partition coefficient (Wildman–Crippen LogP) is 3.29. The highest BCUT2D eigenvalue weighted by molar-refractivity contribution is 7.93. The normalized spacial score (nSPS) is 11.0. The number of nitro groups is 1. The average Bonchev–Trinajstić information content (AvgIpc) is 2.59. The summed E-state index contributed by atoms with van der Waals surface area (Å²) in [6.45, 7) is 5.18. The fourth-order valence-corrected chi connectivity index (χ4v) is 4.07. The Morgan fingerprint density at radius 2 is 1.96 bits per heavy atom. The van der Waals surface area contributed by atoms with Crippen molar-refractivity contribution in [3.63, 3.8) is 0 Å². The largest absolute Gasteiger partial charge is 0.495 e. The van der Waals surface area contributed by atoms with Crippen LogP contribution >= 0.6 is 0 Å². The van der Waals surface area contributed by atoms with Gasteiger partial charge in [-0.05, 0) is 24.6 Å². The van der Waals surface area contributed by atoms with E-state index in [0.29, 0.717) is 17.0 Å². The molecule has 0 heterocycles. The van der Waals surface area contributed by atoms with Crippen molar-refractivity contribution >= 4 is 21.4 Å². The van der Waals surface area contributed by atoms with Gasteiger partial charge in [0.05, 0.1) is 29.2 Å². The number of ether oxygens (including phenoxy) is 1. The van der Waals surface area contributed by atoms with Gasteiger partial charge in [0, 0.05) is 12.1 Å². The molecular weight excluding hydrogens is 344 g/mol. The van der Waals surface area contributed by atoms with E-state index in [1.165, 1.54) is 25.3 Å². The van der Waals surface area contributed by atoms with Crippen molar-refractivity contribution in [2.45, 2.75) is 11.8 Å². The minimum Gasteiger partial charge on any atom is -0.495 e. The Kier molecular flexibility index (Phi) is 5.43. The Morgan fingerprint density at radius 1 is 1.28 bits per heavy atom. The number of hydrogen-bond acceptors (Lipinski definition) is 5. The topological polar surface area (TPSA) is 89.8 Å². The van der Waals surface area contributed by atoms with Crippen molar-refractivity contribution in [1.29, 1.82) is 0 Å². The summed E-state index contributed by atoms with van der Waals surface area (Å²) in [5.41, 5.74) is 0.452. The SMILES string of the molecule is C=CCN(c1ccccc1OC)S(=O)(=O)c1cc([N+](=O)[O-])ccc1C. The lowest BCUT2D eigenvalue weighted by atomic mass is 10.2. The summed E-state index contributed by atoms with van der Waals surface area (Å²) in [7, 11) is -2.62. The summed E-state index contributed by atoms with van der Waals surface area (Å²) in [4.78, 5) is 10.3. The molecule has 2 aromatic rings. The minimum absolute atomic E-state index is 0.00909. The zero-order chi connectivity index (χ0) is 18.6. The van der Waals surface area contributed by atoms with Gasteiger partial charge < -0.3 is 4.74 Å². The molecule has 0 aromatic heterocycles. The molecule has 2 aromatic carbocycles. The molecule has 0 atom stereocenters. The van der Waals surface area contributed by atoms with Crippen LogP contribution in [0.25, 0.3) is 0 Å². The summed E-state index contributed by atoms with van der Waals surface area (Å²) in [5.74, 6) is 0.371.